The highest BCUT2D eigenvalue weighted by molar-refractivity contribution is 9.10. The number of hydrogen-bond donors (Lipinski definition) is 2. The Morgan fingerprint density at radius 3 is 2.06 bits per heavy atom. The van der Waals surface area contributed by atoms with Gasteiger partial charge in [0.05, 0.1) is 6.04 Å². The van der Waals surface area contributed by atoms with Gasteiger partial charge in [-0.15, -0.1) is 0 Å². The maximum Gasteiger partial charge on any atom is 0.408 e. The van der Waals surface area contributed by atoms with Gasteiger partial charge in [0.15, 0.2) is 0 Å². The van der Waals surface area contributed by atoms with Gasteiger partial charge in [0.2, 0.25) is 0 Å². The molecular weight excluding hydrogens is 478 g/mol. The van der Waals surface area contributed by atoms with Crippen molar-refractivity contribution in [3.8, 4) is 0 Å². The van der Waals surface area contributed by atoms with Gasteiger partial charge in [0.1, 0.15) is 11.4 Å². The first-order valence-corrected chi connectivity index (χ1v) is 12.9. The van der Waals surface area contributed by atoms with Crippen LogP contribution >= 0.6 is 15.9 Å². The fourth-order valence-electron chi connectivity index (χ4n) is 5.70. The van der Waals surface area contributed by atoms with E-state index >= 15 is 0 Å². The van der Waals surface area contributed by atoms with Crippen LogP contribution in [0, 0.1) is 5.41 Å². The number of carbonyl (C=O) groups is 1. The number of nitrogens with zero attached hydrogens (tertiary/aromatic N) is 1. The summed E-state index contributed by atoms with van der Waals surface area (Å²) < 4.78 is 6.66. The summed E-state index contributed by atoms with van der Waals surface area (Å²) in [6.07, 6.45) is 8.75. The number of fused-ring (bicyclic) bond motifs is 3. The van der Waals surface area contributed by atoms with Crippen molar-refractivity contribution < 1.29 is 9.53 Å². The molecule has 1 aromatic carbocycles. The Hall–Kier alpha value is -1.82. The fourth-order valence-corrected chi connectivity index (χ4v) is 5.96. The van der Waals surface area contributed by atoms with Gasteiger partial charge in [-0.1, -0.05) is 48.8 Å². The highest BCUT2D eigenvalue weighted by Gasteiger charge is 2.51. The molecule has 3 fully saturated rings. The Bertz CT molecular complexity index is 973. The third-order valence-electron chi connectivity index (χ3n) is 7.67. The van der Waals surface area contributed by atoms with Gasteiger partial charge in [-0.25, -0.2) is 9.78 Å². The molecule has 2 N–H and O–H groups in total. The molecule has 2 aromatic rings. The van der Waals surface area contributed by atoms with Crippen LogP contribution < -0.4 is 5.32 Å². The van der Waals surface area contributed by atoms with Gasteiger partial charge in [0.25, 0.3) is 0 Å². The summed E-state index contributed by atoms with van der Waals surface area (Å²) in [7, 11) is 0. The van der Waals surface area contributed by atoms with Crippen molar-refractivity contribution in [1.29, 1.82) is 0 Å². The van der Waals surface area contributed by atoms with E-state index in [9.17, 15) is 4.79 Å². The van der Waals surface area contributed by atoms with Crippen molar-refractivity contribution in [3.05, 3.63) is 52.0 Å². The molecule has 0 spiro atoms. The molecule has 1 aromatic heterocycles. The highest BCUT2D eigenvalue weighted by atomic mass is 79.9. The molecule has 0 aliphatic heterocycles. The van der Waals surface area contributed by atoms with Crippen molar-refractivity contribution in [3.63, 3.8) is 0 Å². The number of H-pyrrole nitrogens is 1. The number of nitrogens with one attached hydrogen (secondary N) is 2. The lowest BCUT2D eigenvalue weighted by Crippen LogP contribution is -2.46. The molecule has 33 heavy (non-hydrogen) atoms. The Morgan fingerprint density at radius 2 is 1.55 bits per heavy atom. The Morgan fingerprint density at radius 1 is 1.00 bits per heavy atom. The van der Waals surface area contributed by atoms with Crippen LogP contribution in [-0.4, -0.2) is 21.7 Å². The maximum atomic E-state index is 12.5. The lowest BCUT2D eigenvalue weighted by molar-refractivity contribution is 0.0458. The van der Waals surface area contributed by atoms with Gasteiger partial charge >= 0.3 is 6.09 Å². The largest absolute Gasteiger partial charge is 0.444 e. The second kappa shape index (κ2) is 8.44. The zero-order chi connectivity index (χ0) is 24.1. The van der Waals surface area contributed by atoms with E-state index in [1.807, 2.05) is 27.0 Å². The minimum absolute atomic E-state index is 0.163. The lowest BCUT2D eigenvalue weighted by atomic mass is 9.51. The standard InChI is InChI=1S/C27H38BrN3O2/c1-24(2,3)21(31-23(32)33-25(4,5)6)22-29-17-20(30-22)27-14-11-26(12-15-27,13-16-27)18-7-9-19(28)10-8-18/h7-10,17,21H,11-16H2,1-6H3,(H,29,30)(H,31,32). The average molecular weight is 517 g/mol. The van der Waals surface area contributed by atoms with E-state index in [1.165, 1.54) is 49.8 Å². The molecule has 1 amide bonds. The molecule has 3 aliphatic carbocycles. The third kappa shape index (κ3) is 5.01. The third-order valence-corrected chi connectivity index (χ3v) is 8.20. The van der Waals surface area contributed by atoms with Gasteiger partial charge in [0, 0.05) is 21.8 Å². The van der Waals surface area contributed by atoms with Gasteiger partial charge < -0.3 is 15.0 Å². The Balaban J connectivity index is 1.52. The Kier molecular flexibility index (Phi) is 6.22. The SMILES string of the molecule is CC(C)(C)OC(=O)NC(c1ncc(C23CCC(c4ccc(Br)cc4)(CC2)CC3)[nH]1)C(C)(C)C. The maximum absolute atomic E-state index is 12.5. The number of aromatic amines is 1. The summed E-state index contributed by atoms with van der Waals surface area (Å²) in [4.78, 5) is 21.0. The molecule has 0 radical (unpaired) electrons. The monoisotopic (exact) mass is 515 g/mol. The number of rotatable bonds is 4. The predicted octanol–water partition coefficient (Wildman–Crippen LogP) is 7.33. The predicted molar refractivity (Wildman–Crippen MR) is 135 cm³/mol. The number of carbonyl (C=O) groups excluding carboxylic acids is 1. The molecular formula is C27H38BrN3O2. The van der Waals surface area contributed by atoms with E-state index in [2.05, 4.69) is 71.3 Å². The highest BCUT2D eigenvalue weighted by Crippen LogP contribution is 2.58. The van der Waals surface area contributed by atoms with Crippen LogP contribution in [0.1, 0.15) is 103 Å². The average Bonchev–Trinajstić information content (AvgIpc) is 3.22. The van der Waals surface area contributed by atoms with Crippen molar-refractivity contribution >= 4 is 22.0 Å². The van der Waals surface area contributed by atoms with E-state index in [0.29, 0.717) is 5.41 Å². The Labute approximate surface area is 206 Å². The molecule has 5 nitrogen and oxygen atoms in total. The molecule has 1 unspecified atom stereocenters. The fraction of sp³-hybridized carbons (Fsp3) is 0.630. The summed E-state index contributed by atoms with van der Waals surface area (Å²) in [5, 5.41) is 3.06. The van der Waals surface area contributed by atoms with Crippen molar-refractivity contribution in [1.82, 2.24) is 15.3 Å². The van der Waals surface area contributed by atoms with Crippen LogP contribution in [0.5, 0.6) is 0 Å². The molecule has 1 atom stereocenters. The van der Waals surface area contributed by atoms with E-state index in [4.69, 9.17) is 9.72 Å². The molecule has 2 bridgehead atoms. The smallest absolute Gasteiger partial charge is 0.408 e. The first-order chi connectivity index (χ1) is 15.3. The van der Waals surface area contributed by atoms with E-state index in [-0.39, 0.29) is 16.9 Å². The minimum Gasteiger partial charge on any atom is -0.444 e. The van der Waals surface area contributed by atoms with Crippen LogP contribution in [-0.2, 0) is 15.6 Å². The first-order valence-electron chi connectivity index (χ1n) is 12.1. The van der Waals surface area contributed by atoms with Gasteiger partial charge in [-0.05, 0) is 87.8 Å². The van der Waals surface area contributed by atoms with Crippen molar-refractivity contribution in [2.75, 3.05) is 0 Å². The topological polar surface area (TPSA) is 67.0 Å². The number of amides is 1. The molecule has 3 aliphatic rings. The summed E-state index contributed by atoms with van der Waals surface area (Å²) in [6, 6.07) is 8.68. The number of benzene rings is 1. The minimum atomic E-state index is -0.536. The number of halogens is 1. The second-order valence-electron chi connectivity index (χ2n) is 12.2. The number of hydrogen-bond acceptors (Lipinski definition) is 3. The van der Waals surface area contributed by atoms with Crippen LogP contribution in [0.4, 0.5) is 4.79 Å². The van der Waals surface area contributed by atoms with E-state index < -0.39 is 11.7 Å². The van der Waals surface area contributed by atoms with Gasteiger partial charge in [-0.2, -0.15) is 0 Å². The zero-order valence-electron chi connectivity index (χ0n) is 20.8. The second-order valence-corrected chi connectivity index (χ2v) is 13.1. The van der Waals surface area contributed by atoms with E-state index in [1.54, 1.807) is 0 Å². The molecule has 180 valence electrons. The van der Waals surface area contributed by atoms with Crippen molar-refractivity contribution in [2.45, 2.75) is 103 Å². The summed E-state index contributed by atoms with van der Waals surface area (Å²) in [6.45, 7) is 12.0. The number of aromatic nitrogens is 2. The summed E-state index contributed by atoms with van der Waals surface area (Å²) >= 11 is 3.57. The van der Waals surface area contributed by atoms with Gasteiger partial charge in [-0.3, -0.25) is 0 Å². The van der Waals surface area contributed by atoms with Crippen LogP contribution in [0.3, 0.4) is 0 Å². The zero-order valence-corrected chi connectivity index (χ0v) is 22.4. The number of ether oxygens (including phenoxy) is 1. The molecule has 1 heterocycles. The first kappa shape index (κ1) is 24.3. The van der Waals surface area contributed by atoms with Crippen molar-refractivity contribution in [2.24, 2.45) is 5.41 Å². The normalized spacial score (nSPS) is 26.2. The van der Waals surface area contributed by atoms with E-state index in [0.717, 1.165) is 10.3 Å². The molecule has 0 saturated heterocycles. The van der Waals surface area contributed by atoms with Crippen LogP contribution in [0.15, 0.2) is 34.9 Å². The summed E-state index contributed by atoms with van der Waals surface area (Å²) in [5.41, 5.74) is 2.44. The molecule has 5 rings (SSSR count). The number of imidazole rings is 1. The molecule has 3 saturated carbocycles. The molecule has 6 heteroatoms. The number of alkyl carbamates (subject to hydrolysis) is 1. The lowest BCUT2D eigenvalue weighted by Gasteiger charge is -2.53. The van der Waals surface area contributed by atoms with Crippen LogP contribution in [0.2, 0.25) is 0 Å². The van der Waals surface area contributed by atoms with Crippen LogP contribution in [0.25, 0.3) is 0 Å². The summed E-state index contributed by atoms with van der Waals surface area (Å²) in [5.74, 6) is 0.813. The quantitative estimate of drug-likeness (QED) is 0.447.